The van der Waals surface area contributed by atoms with E-state index in [2.05, 4.69) is 25.9 Å². The van der Waals surface area contributed by atoms with Crippen molar-refractivity contribution in [1.29, 1.82) is 0 Å². The van der Waals surface area contributed by atoms with Crippen LogP contribution in [0.4, 0.5) is 5.82 Å². The fraction of sp³-hybridized carbons (Fsp3) is 0.520. The third-order valence-corrected chi connectivity index (χ3v) is 6.73. The number of nitrogens with one attached hydrogen (secondary N) is 2. The zero-order valence-corrected chi connectivity index (χ0v) is 20.0. The monoisotopic (exact) mass is 466 g/mol. The maximum atomic E-state index is 13.0. The average Bonchev–Trinajstić information content (AvgIpc) is 3.39. The summed E-state index contributed by atoms with van der Waals surface area (Å²) < 4.78 is 6.78. The number of carbonyl (C=O) groups excluding carboxylic acids is 1. The standard InChI is InChI=1S/C25H34N6O3/c1-3-21-20(16-34-30-21)25(33)29-22(17-8-6-4-5-7-9-17)14-27-23-11-10-18(12-26-23)24-19(15-32)13-28-31(24)2/h10-13,16-17,22,32H,3-9,14-15H2,1-2H3,(H,26,27)(H,29,33). The lowest BCUT2D eigenvalue weighted by Crippen LogP contribution is -2.45. The van der Waals surface area contributed by atoms with Gasteiger partial charge in [-0.15, -0.1) is 0 Å². The van der Waals surface area contributed by atoms with Crippen LogP contribution in [0.25, 0.3) is 11.3 Å². The van der Waals surface area contributed by atoms with Crippen LogP contribution in [0.2, 0.25) is 0 Å². The summed E-state index contributed by atoms with van der Waals surface area (Å²) in [5.41, 5.74) is 3.70. The van der Waals surface area contributed by atoms with Gasteiger partial charge in [0.1, 0.15) is 17.6 Å². The number of aryl methyl sites for hydroxylation is 2. The van der Waals surface area contributed by atoms with Crippen LogP contribution in [0.1, 0.15) is 67.1 Å². The van der Waals surface area contributed by atoms with Crippen LogP contribution in [0, 0.1) is 5.92 Å². The van der Waals surface area contributed by atoms with Gasteiger partial charge in [0.15, 0.2) is 0 Å². The minimum absolute atomic E-state index is 0.0234. The van der Waals surface area contributed by atoms with Crippen molar-refractivity contribution in [2.45, 2.75) is 64.5 Å². The van der Waals surface area contributed by atoms with Crippen LogP contribution in [0.3, 0.4) is 0 Å². The second-order valence-corrected chi connectivity index (χ2v) is 8.97. The molecule has 3 heterocycles. The molecular formula is C25H34N6O3. The van der Waals surface area contributed by atoms with E-state index in [1.54, 1.807) is 17.1 Å². The number of rotatable bonds is 9. The minimum Gasteiger partial charge on any atom is -0.392 e. The maximum absolute atomic E-state index is 13.0. The van der Waals surface area contributed by atoms with E-state index >= 15 is 0 Å². The first-order valence-electron chi connectivity index (χ1n) is 12.2. The first kappa shape index (κ1) is 23.9. The van der Waals surface area contributed by atoms with E-state index in [1.807, 2.05) is 26.1 Å². The van der Waals surface area contributed by atoms with Crippen molar-refractivity contribution in [2.75, 3.05) is 11.9 Å². The second-order valence-electron chi connectivity index (χ2n) is 8.97. The van der Waals surface area contributed by atoms with Crippen molar-refractivity contribution in [1.82, 2.24) is 25.2 Å². The van der Waals surface area contributed by atoms with Crippen LogP contribution in [-0.2, 0) is 20.1 Å². The Morgan fingerprint density at radius 2 is 2.03 bits per heavy atom. The highest BCUT2D eigenvalue weighted by Gasteiger charge is 2.26. The number of hydrogen-bond acceptors (Lipinski definition) is 7. The number of amides is 1. The molecule has 1 amide bonds. The molecule has 0 aliphatic heterocycles. The van der Waals surface area contributed by atoms with Crippen molar-refractivity contribution in [3.63, 3.8) is 0 Å². The Bertz CT molecular complexity index is 1070. The summed E-state index contributed by atoms with van der Waals surface area (Å²) in [5, 5.41) is 24.4. The second kappa shape index (κ2) is 11.3. The predicted molar refractivity (Wildman–Crippen MR) is 129 cm³/mol. The third-order valence-electron chi connectivity index (χ3n) is 6.73. The molecule has 3 N–H and O–H groups in total. The van der Waals surface area contributed by atoms with Crippen LogP contribution in [0.5, 0.6) is 0 Å². The van der Waals surface area contributed by atoms with Gasteiger partial charge in [-0.3, -0.25) is 9.48 Å². The van der Waals surface area contributed by atoms with Gasteiger partial charge in [-0.1, -0.05) is 37.8 Å². The molecule has 1 fully saturated rings. The Morgan fingerprint density at radius 1 is 1.24 bits per heavy atom. The van der Waals surface area contributed by atoms with Crippen molar-refractivity contribution in [2.24, 2.45) is 13.0 Å². The van der Waals surface area contributed by atoms with Gasteiger partial charge in [0, 0.05) is 37.0 Å². The van der Waals surface area contributed by atoms with Crippen molar-refractivity contribution >= 4 is 11.7 Å². The Morgan fingerprint density at radius 3 is 2.71 bits per heavy atom. The quantitative estimate of drug-likeness (QED) is 0.412. The maximum Gasteiger partial charge on any atom is 0.256 e. The fourth-order valence-electron chi connectivity index (χ4n) is 4.82. The molecule has 0 spiro atoms. The number of hydrogen-bond donors (Lipinski definition) is 3. The molecule has 9 nitrogen and oxygen atoms in total. The smallest absolute Gasteiger partial charge is 0.256 e. The van der Waals surface area contributed by atoms with E-state index < -0.39 is 0 Å². The van der Waals surface area contributed by atoms with E-state index in [1.165, 1.54) is 31.9 Å². The lowest BCUT2D eigenvalue weighted by Gasteiger charge is -2.27. The number of pyridine rings is 1. The van der Waals surface area contributed by atoms with Gasteiger partial charge in [-0.25, -0.2) is 4.98 Å². The fourth-order valence-corrected chi connectivity index (χ4v) is 4.82. The number of anilines is 1. The zero-order chi connectivity index (χ0) is 23.9. The van der Waals surface area contributed by atoms with Crippen LogP contribution in [-0.4, -0.2) is 43.5 Å². The van der Waals surface area contributed by atoms with Crippen molar-refractivity contribution in [3.8, 4) is 11.3 Å². The topological polar surface area (TPSA) is 118 Å². The highest BCUT2D eigenvalue weighted by atomic mass is 16.5. The van der Waals surface area contributed by atoms with Crippen LogP contribution < -0.4 is 10.6 Å². The summed E-state index contributed by atoms with van der Waals surface area (Å²) in [4.78, 5) is 17.6. The summed E-state index contributed by atoms with van der Waals surface area (Å²) in [6.07, 6.45) is 12.6. The van der Waals surface area contributed by atoms with Crippen molar-refractivity contribution < 1.29 is 14.4 Å². The summed E-state index contributed by atoms with van der Waals surface area (Å²) in [6.45, 7) is 2.48. The van der Waals surface area contributed by atoms with E-state index in [0.717, 1.165) is 35.5 Å². The molecule has 3 aromatic rings. The Labute approximate surface area is 199 Å². The van der Waals surface area contributed by atoms with Gasteiger partial charge >= 0.3 is 0 Å². The number of aliphatic hydroxyl groups excluding tert-OH is 1. The van der Waals surface area contributed by atoms with Crippen LogP contribution >= 0.6 is 0 Å². The predicted octanol–water partition coefficient (Wildman–Crippen LogP) is 3.71. The molecule has 1 aliphatic carbocycles. The molecule has 182 valence electrons. The number of aliphatic hydroxyl groups is 1. The van der Waals surface area contributed by atoms with Gasteiger partial charge in [0.2, 0.25) is 0 Å². The average molecular weight is 467 g/mol. The molecule has 0 bridgehead atoms. The molecule has 0 saturated heterocycles. The Hall–Kier alpha value is -3.20. The third kappa shape index (κ3) is 5.47. The largest absolute Gasteiger partial charge is 0.392 e. The highest BCUT2D eigenvalue weighted by molar-refractivity contribution is 5.95. The molecule has 1 unspecified atom stereocenters. The summed E-state index contributed by atoms with van der Waals surface area (Å²) in [5.74, 6) is 1.01. The van der Waals surface area contributed by atoms with E-state index in [-0.39, 0.29) is 18.6 Å². The van der Waals surface area contributed by atoms with Gasteiger partial charge < -0.3 is 20.3 Å². The minimum atomic E-state index is -0.134. The molecule has 3 aromatic heterocycles. The number of aromatic nitrogens is 4. The van der Waals surface area contributed by atoms with E-state index in [4.69, 9.17) is 4.52 Å². The number of carbonyl (C=O) groups is 1. The Kier molecular flexibility index (Phi) is 7.95. The lowest BCUT2D eigenvalue weighted by molar-refractivity contribution is 0.0920. The van der Waals surface area contributed by atoms with Gasteiger partial charge in [-0.05, 0) is 37.3 Å². The molecule has 1 atom stereocenters. The SMILES string of the molecule is CCc1nocc1C(=O)NC(CNc1ccc(-c2c(CO)cnn2C)cn1)C1CCCCCC1. The van der Waals surface area contributed by atoms with Crippen LogP contribution in [0.15, 0.2) is 35.3 Å². The van der Waals surface area contributed by atoms with Gasteiger partial charge in [0.05, 0.1) is 24.2 Å². The first-order chi connectivity index (χ1) is 16.6. The molecule has 0 aromatic carbocycles. The van der Waals surface area contributed by atoms with Gasteiger partial charge in [-0.2, -0.15) is 5.10 Å². The van der Waals surface area contributed by atoms with E-state index in [9.17, 15) is 9.90 Å². The zero-order valence-electron chi connectivity index (χ0n) is 20.0. The summed E-state index contributed by atoms with van der Waals surface area (Å²) in [6, 6.07) is 3.87. The number of nitrogens with zero attached hydrogens (tertiary/aromatic N) is 4. The van der Waals surface area contributed by atoms with Gasteiger partial charge in [0.25, 0.3) is 5.91 Å². The Balaban J connectivity index is 1.46. The normalized spacial score (nSPS) is 15.6. The van der Waals surface area contributed by atoms with Crippen molar-refractivity contribution in [3.05, 3.63) is 47.6 Å². The molecule has 9 heteroatoms. The molecule has 1 saturated carbocycles. The first-order valence-corrected chi connectivity index (χ1v) is 12.2. The molecule has 34 heavy (non-hydrogen) atoms. The summed E-state index contributed by atoms with van der Waals surface area (Å²) in [7, 11) is 1.85. The lowest BCUT2D eigenvalue weighted by atomic mass is 9.91. The highest BCUT2D eigenvalue weighted by Crippen LogP contribution is 2.27. The summed E-state index contributed by atoms with van der Waals surface area (Å²) >= 11 is 0. The van der Waals surface area contributed by atoms with E-state index in [0.29, 0.717) is 30.1 Å². The molecule has 0 radical (unpaired) electrons. The molecule has 4 rings (SSSR count). The molecule has 1 aliphatic rings. The molecular weight excluding hydrogens is 432 g/mol.